The third-order valence-electron chi connectivity index (χ3n) is 5.85. The second kappa shape index (κ2) is 9.20. The zero-order chi connectivity index (χ0) is 22.6. The number of nitrogens with one attached hydrogen (secondary N) is 3. The van der Waals surface area contributed by atoms with Gasteiger partial charge in [0.25, 0.3) is 0 Å². The van der Waals surface area contributed by atoms with Crippen LogP contribution in [0.5, 0.6) is 11.5 Å². The molecule has 168 valence electrons. The van der Waals surface area contributed by atoms with Crippen LogP contribution in [-0.2, 0) is 6.42 Å². The van der Waals surface area contributed by atoms with E-state index in [-0.39, 0.29) is 18.0 Å². The molecule has 4 aromatic rings. The maximum absolute atomic E-state index is 12.9. The Labute approximate surface area is 191 Å². The average Bonchev–Trinajstić information content (AvgIpc) is 3.47. The minimum Gasteiger partial charge on any atom is -0.497 e. The molecule has 3 N–H and O–H groups in total. The number of rotatable bonds is 7. The van der Waals surface area contributed by atoms with Crippen molar-refractivity contribution in [1.29, 1.82) is 0 Å². The summed E-state index contributed by atoms with van der Waals surface area (Å²) in [6, 6.07) is 17.0. The monoisotopic (exact) mass is 443 g/mol. The number of ether oxygens (including phenoxy) is 2. The van der Waals surface area contributed by atoms with Crippen LogP contribution in [0.4, 0.5) is 4.79 Å². The Balaban J connectivity index is 1.30. The standard InChI is InChI=1S/C25H25N5O3/c1-32-18-8-6-16(7-9-18)12-22(24-28-20-4-2-3-5-21(20)29-24)30-25(31)27-13-17-15-33-23-14-26-11-10-19(17)23/h2-11,14,17,22H,12-13,15H2,1H3,(H,28,29)(H2,27,30,31)/t17?,22-/m1/s1. The van der Waals surface area contributed by atoms with Crippen molar-refractivity contribution in [1.82, 2.24) is 25.6 Å². The number of carbonyl (C=O) groups excluding carboxylic acids is 1. The number of fused-ring (bicyclic) bond motifs is 2. The van der Waals surface area contributed by atoms with E-state index in [0.29, 0.717) is 25.4 Å². The highest BCUT2D eigenvalue weighted by Gasteiger charge is 2.25. The van der Waals surface area contributed by atoms with Gasteiger partial charge in [0.1, 0.15) is 17.3 Å². The number of hydrogen-bond acceptors (Lipinski definition) is 5. The first-order valence-corrected chi connectivity index (χ1v) is 10.9. The second-order valence-corrected chi connectivity index (χ2v) is 8.02. The number of hydrogen-bond donors (Lipinski definition) is 3. The summed E-state index contributed by atoms with van der Waals surface area (Å²) in [4.78, 5) is 25.0. The largest absolute Gasteiger partial charge is 0.497 e. The molecule has 0 spiro atoms. The van der Waals surface area contributed by atoms with Gasteiger partial charge in [0.15, 0.2) is 0 Å². The zero-order valence-corrected chi connectivity index (χ0v) is 18.2. The van der Waals surface area contributed by atoms with E-state index in [4.69, 9.17) is 14.5 Å². The van der Waals surface area contributed by atoms with Crippen molar-refractivity contribution in [2.45, 2.75) is 18.4 Å². The van der Waals surface area contributed by atoms with E-state index in [0.717, 1.165) is 33.7 Å². The Kier molecular flexibility index (Phi) is 5.80. The van der Waals surface area contributed by atoms with E-state index in [1.54, 1.807) is 19.5 Å². The molecular formula is C25H25N5O3. The lowest BCUT2D eigenvalue weighted by Crippen LogP contribution is -2.41. The summed E-state index contributed by atoms with van der Waals surface area (Å²) in [5.41, 5.74) is 3.93. The van der Waals surface area contributed by atoms with E-state index in [1.165, 1.54) is 0 Å². The van der Waals surface area contributed by atoms with Crippen LogP contribution in [0.3, 0.4) is 0 Å². The number of imidazole rings is 1. The summed E-state index contributed by atoms with van der Waals surface area (Å²) in [6.07, 6.45) is 4.03. The molecule has 5 rings (SSSR count). The fraction of sp³-hybridized carbons (Fsp3) is 0.240. The summed E-state index contributed by atoms with van der Waals surface area (Å²) < 4.78 is 10.9. The van der Waals surface area contributed by atoms with Crippen LogP contribution < -0.4 is 20.1 Å². The molecule has 33 heavy (non-hydrogen) atoms. The SMILES string of the molecule is COc1ccc(C[C@@H](NC(=O)NCC2COc3cnccc32)c2nc3ccccc3[nH]2)cc1. The van der Waals surface area contributed by atoms with E-state index >= 15 is 0 Å². The highest BCUT2D eigenvalue weighted by atomic mass is 16.5. The van der Waals surface area contributed by atoms with Gasteiger partial charge in [0, 0.05) is 24.2 Å². The second-order valence-electron chi connectivity index (χ2n) is 8.02. The van der Waals surface area contributed by atoms with Crippen LogP contribution in [0, 0.1) is 0 Å². The predicted octanol–water partition coefficient (Wildman–Crippen LogP) is 3.73. The Morgan fingerprint density at radius 2 is 2.06 bits per heavy atom. The van der Waals surface area contributed by atoms with Crippen molar-refractivity contribution in [2.24, 2.45) is 0 Å². The van der Waals surface area contributed by atoms with Gasteiger partial charge in [0.05, 0.1) is 37.0 Å². The highest BCUT2D eigenvalue weighted by molar-refractivity contribution is 5.76. The van der Waals surface area contributed by atoms with Crippen LogP contribution in [0.2, 0.25) is 0 Å². The number of aromatic amines is 1. The van der Waals surface area contributed by atoms with Gasteiger partial charge in [-0.1, -0.05) is 24.3 Å². The number of aromatic nitrogens is 3. The first-order valence-electron chi connectivity index (χ1n) is 10.9. The molecule has 8 heteroatoms. The van der Waals surface area contributed by atoms with Gasteiger partial charge >= 0.3 is 6.03 Å². The Hall–Kier alpha value is -4.07. The van der Waals surface area contributed by atoms with Crippen molar-refractivity contribution in [2.75, 3.05) is 20.3 Å². The first-order chi connectivity index (χ1) is 16.2. The molecule has 8 nitrogen and oxygen atoms in total. The van der Waals surface area contributed by atoms with Crippen LogP contribution in [0.15, 0.2) is 67.0 Å². The normalized spacial score (nSPS) is 15.5. The Morgan fingerprint density at radius 3 is 2.88 bits per heavy atom. The first kappa shape index (κ1) is 20.8. The van der Waals surface area contributed by atoms with Crippen LogP contribution in [-0.4, -0.2) is 41.2 Å². The van der Waals surface area contributed by atoms with Gasteiger partial charge in [-0.3, -0.25) is 4.98 Å². The summed E-state index contributed by atoms with van der Waals surface area (Å²) in [6.45, 7) is 0.998. The summed E-state index contributed by atoms with van der Waals surface area (Å²) >= 11 is 0. The maximum atomic E-state index is 12.9. The molecule has 0 saturated carbocycles. The molecule has 2 amide bonds. The van der Waals surface area contributed by atoms with Gasteiger partial charge in [-0.2, -0.15) is 0 Å². The molecule has 0 saturated heterocycles. The number of H-pyrrole nitrogens is 1. The molecule has 0 fully saturated rings. The number of pyridine rings is 1. The van der Waals surface area contributed by atoms with Crippen molar-refractivity contribution < 1.29 is 14.3 Å². The lowest BCUT2D eigenvalue weighted by molar-refractivity contribution is 0.234. The van der Waals surface area contributed by atoms with Gasteiger partial charge in [-0.25, -0.2) is 9.78 Å². The topological polar surface area (TPSA) is 101 Å². The molecule has 0 aliphatic carbocycles. The highest BCUT2D eigenvalue weighted by Crippen LogP contribution is 2.32. The summed E-state index contributed by atoms with van der Waals surface area (Å²) in [5.74, 6) is 2.38. The molecule has 2 aromatic carbocycles. The number of urea groups is 1. The predicted molar refractivity (Wildman–Crippen MR) is 125 cm³/mol. The molecule has 3 heterocycles. The smallest absolute Gasteiger partial charge is 0.315 e. The number of carbonyl (C=O) groups is 1. The number of para-hydroxylation sites is 2. The van der Waals surface area contributed by atoms with Gasteiger partial charge in [-0.05, 0) is 42.3 Å². The molecule has 0 radical (unpaired) electrons. The van der Waals surface area contributed by atoms with E-state index in [2.05, 4.69) is 20.6 Å². The third kappa shape index (κ3) is 4.59. The van der Waals surface area contributed by atoms with Crippen LogP contribution in [0.25, 0.3) is 11.0 Å². The number of amides is 2. The van der Waals surface area contributed by atoms with Crippen molar-refractivity contribution in [3.63, 3.8) is 0 Å². The Morgan fingerprint density at radius 1 is 1.21 bits per heavy atom. The number of benzene rings is 2. The van der Waals surface area contributed by atoms with Gasteiger partial charge in [0.2, 0.25) is 0 Å². The van der Waals surface area contributed by atoms with Crippen molar-refractivity contribution in [3.05, 3.63) is 83.9 Å². The van der Waals surface area contributed by atoms with E-state index in [1.807, 2.05) is 54.6 Å². The van der Waals surface area contributed by atoms with Crippen molar-refractivity contribution in [3.8, 4) is 11.5 Å². The number of nitrogens with zero attached hydrogens (tertiary/aromatic N) is 2. The number of methoxy groups -OCH3 is 1. The Bertz CT molecular complexity index is 1220. The summed E-state index contributed by atoms with van der Waals surface area (Å²) in [7, 11) is 1.64. The van der Waals surface area contributed by atoms with Crippen LogP contribution in [0.1, 0.15) is 28.9 Å². The lowest BCUT2D eigenvalue weighted by atomic mass is 10.0. The van der Waals surface area contributed by atoms with Gasteiger partial charge in [-0.15, -0.1) is 0 Å². The molecule has 0 bridgehead atoms. The molecule has 1 aliphatic rings. The van der Waals surface area contributed by atoms with Crippen molar-refractivity contribution >= 4 is 17.1 Å². The summed E-state index contributed by atoms with van der Waals surface area (Å²) in [5, 5.41) is 6.08. The molecule has 1 aliphatic heterocycles. The minimum atomic E-state index is -0.331. The third-order valence-corrected chi connectivity index (χ3v) is 5.85. The van der Waals surface area contributed by atoms with E-state index in [9.17, 15) is 4.79 Å². The van der Waals surface area contributed by atoms with E-state index < -0.39 is 0 Å². The fourth-order valence-corrected chi connectivity index (χ4v) is 4.07. The minimum absolute atomic E-state index is 0.0972. The van der Waals surface area contributed by atoms with Gasteiger partial charge < -0.3 is 25.1 Å². The molecular weight excluding hydrogens is 418 g/mol. The molecule has 1 unspecified atom stereocenters. The zero-order valence-electron chi connectivity index (χ0n) is 18.2. The quantitative estimate of drug-likeness (QED) is 0.404. The maximum Gasteiger partial charge on any atom is 0.315 e. The molecule has 2 atom stereocenters. The fourth-order valence-electron chi connectivity index (χ4n) is 4.07. The molecule has 2 aromatic heterocycles. The lowest BCUT2D eigenvalue weighted by Gasteiger charge is -2.19. The average molecular weight is 444 g/mol. The van der Waals surface area contributed by atoms with Crippen LogP contribution >= 0.6 is 0 Å².